The van der Waals surface area contributed by atoms with Crippen molar-refractivity contribution in [3.05, 3.63) is 52.7 Å². The van der Waals surface area contributed by atoms with Crippen molar-refractivity contribution < 1.29 is 12.8 Å². The lowest BCUT2D eigenvalue weighted by atomic mass is 10.1. The van der Waals surface area contributed by atoms with Crippen LogP contribution < -0.4 is 5.32 Å². The van der Waals surface area contributed by atoms with Crippen LogP contribution in [0.1, 0.15) is 17.4 Å². The Morgan fingerprint density at radius 3 is 2.65 bits per heavy atom. The van der Waals surface area contributed by atoms with Crippen LogP contribution in [0.5, 0.6) is 0 Å². The van der Waals surface area contributed by atoms with Gasteiger partial charge < -0.3 is 9.73 Å². The molecule has 3 rings (SSSR count). The number of halogens is 2. The fraction of sp³-hybridized carbons (Fsp3) is 0.333. The predicted molar refractivity (Wildman–Crippen MR) is 91.6 cm³/mol. The maximum absolute atomic E-state index is 12.9. The van der Waals surface area contributed by atoms with Crippen LogP contribution in [0.25, 0.3) is 0 Å². The van der Waals surface area contributed by atoms with E-state index in [1.165, 1.54) is 10.4 Å². The van der Waals surface area contributed by atoms with Crippen LogP contribution in [0, 0.1) is 6.92 Å². The average Bonchev–Trinajstić information content (AvgIpc) is 2.95. The number of aryl methyl sites for hydroxylation is 1. The van der Waals surface area contributed by atoms with Crippen molar-refractivity contribution in [3.8, 4) is 0 Å². The summed E-state index contributed by atoms with van der Waals surface area (Å²) in [5.41, 5.74) is 0.795. The SMILES string of the molecule is Cc1ccc(S(=O)(=O)N2CCNCC2c2ccccc2Cl)o1.Cl. The second kappa shape index (κ2) is 7.23. The number of hydrogen-bond donors (Lipinski definition) is 1. The van der Waals surface area contributed by atoms with Crippen LogP contribution in [0.15, 0.2) is 45.9 Å². The zero-order valence-corrected chi connectivity index (χ0v) is 14.9. The maximum Gasteiger partial charge on any atom is 0.277 e. The predicted octanol–water partition coefficient (Wildman–Crippen LogP) is 3.00. The van der Waals surface area contributed by atoms with Crippen LogP contribution in [-0.4, -0.2) is 32.4 Å². The summed E-state index contributed by atoms with van der Waals surface area (Å²) in [6, 6.07) is 10.1. The van der Waals surface area contributed by atoms with Gasteiger partial charge in [0.15, 0.2) is 0 Å². The van der Waals surface area contributed by atoms with Gasteiger partial charge in [0, 0.05) is 24.7 Å². The molecule has 0 radical (unpaired) electrons. The molecular weight excluding hydrogens is 359 g/mol. The van der Waals surface area contributed by atoms with Crippen LogP contribution in [0.3, 0.4) is 0 Å². The second-order valence-corrected chi connectivity index (χ2v) is 7.45. The van der Waals surface area contributed by atoms with E-state index in [4.69, 9.17) is 16.0 Å². The Morgan fingerprint density at radius 2 is 2.00 bits per heavy atom. The molecule has 23 heavy (non-hydrogen) atoms. The fourth-order valence-corrected chi connectivity index (χ4v) is 4.47. The van der Waals surface area contributed by atoms with Gasteiger partial charge in [0.25, 0.3) is 10.0 Å². The van der Waals surface area contributed by atoms with Gasteiger partial charge in [-0.3, -0.25) is 0 Å². The van der Waals surface area contributed by atoms with E-state index >= 15 is 0 Å². The van der Waals surface area contributed by atoms with E-state index in [9.17, 15) is 8.42 Å². The molecule has 2 heterocycles. The number of benzene rings is 1. The molecule has 1 aromatic heterocycles. The lowest BCUT2D eigenvalue weighted by molar-refractivity contribution is 0.263. The normalized spacial score (nSPS) is 19.3. The van der Waals surface area contributed by atoms with E-state index in [0.29, 0.717) is 30.4 Å². The lowest BCUT2D eigenvalue weighted by Crippen LogP contribution is -2.48. The number of nitrogens with one attached hydrogen (secondary N) is 1. The summed E-state index contributed by atoms with van der Waals surface area (Å²) in [7, 11) is -3.69. The van der Waals surface area contributed by atoms with E-state index in [0.717, 1.165) is 5.56 Å². The van der Waals surface area contributed by atoms with Gasteiger partial charge in [-0.05, 0) is 30.7 Å². The van der Waals surface area contributed by atoms with E-state index in [1.54, 1.807) is 19.1 Å². The Balaban J connectivity index is 0.00000192. The third-order valence-electron chi connectivity index (χ3n) is 3.74. The average molecular weight is 377 g/mol. The highest BCUT2D eigenvalue weighted by molar-refractivity contribution is 7.89. The Bertz CT molecular complexity index is 777. The van der Waals surface area contributed by atoms with Crippen molar-refractivity contribution in [2.45, 2.75) is 18.1 Å². The lowest BCUT2D eigenvalue weighted by Gasteiger charge is -2.35. The minimum atomic E-state index is -3.69. The summed E-state index contributed by atoms with van der Waals surface area (Å²) in [5.74, 6) is 0.572. The number of furan rings is 1. The van der Waals surface area contributed by atoms with Crippen molar-refractivity contribution in [3.63, 3.8) is 0 Å². The van der Waals surface area contributed by atoms with Gasteiger partial charge in [-0.25, -0.2) is 8.42 Å². The summed E-state index contributed by atoms with van der Waals surface area (Å²) in [6.45, 7) is 3.21. The molecule has 0 bridgehead atoms. The van der Waals surface area contributed by atoms with E-state index in [2.05, 4.69) is 5.32 Å². The number of hydrogen-bond acceptors (Lipinski definition) is 4. The Kier molecular flexibility index (Phi) is 5.75. The molecule has 1 saturated heterocycles. The summed E-state index contributed by atoms with van der Waals surface area (Å²) in [4.78, 5) is 0. The van der Waals surface area contributed by atoms with Crippen LogP contribution >= 0.6 is 24.0 Å². The summed E-state index contributed by atoms with van der Waals surface area (Å²) >= 11 is 6.25. The molecule has 0 spiro atoms. The Labute approximate surface area is 147 Å². The number of rotatable bonds is 3. The first kappa shape index (κ1) is 18.3. The second-order valence-electron chi connectivity index (χ2n) is 5.22. The molecule has 1 atom stereocenters. The first-order chi connectivity index (χ1) is 10.5. The monoisotopic (exact) mass is 376 g/mol. The van der Waals surface area contributed by atoms with Gasteiger partial charge in [0.1, 0.15) is 5.76 Å². The van der Waals surface area contributed by atoms with Gasteiger partial charge >= 0.3 is 0 Å². The molecule has 0 aliphatic carbocycles. The highest BCUT2D eigenvalue weighted by Gasteiger charge is 2.36. The van der Waals surface area contributed by atoms with Gasteiger partial charge in [0.05, 0.1) is 6.04 Å². The Hall–Kier alpha value is -1.05. The first-order valence-corrected chi connectivity index (χ1v) is 8.85. The minimum Gasteiger partial charge on any atom is -0.449 e. The summed E-state index contributed by atoms with van der Waals surface area (Å²) in [6.07, 6.45) is 0. The smallest absolute Gasteiger partial charge is 0.277 e. The molecule has 1 aliphatic rings. The molecule has 2 aromatic rings. The molecule has 0 saturated carbocycles. The molecule has 1 aromatic carbocycles. The molecule has 1 fully saturated rings. The topological polar surface area (TPSA) is 62.6 Å². The van der Waals surface area contributed by atoms with Crippen molar-refractivity contribution in [1.29, 1.82) is 0 Å². The van der Waals surface area contributed by atoms with Crippen molar-refractivity contribution in [2.24, 2.45) is 0 Å². The van der Waals surface area contributed by atoms with Crippen molar-refractivity contribution in [1.82, 2.24) is 9.62 Å². The zero-order valence-electron chi connectivity index (χ0n) is 12.5. The van der Waals surface area contributed by atoms with E-state index < -0.39 is 10.0 Å². The molecule has 0 amide bonds. The largest absolute Gasteiger partial charge is 0.449 e. The minimum absolute atomic E-state index is 0. The van der Waals surface area contributed by atoms with Gasteiger partial charge in [-0.15, -0.1) is 12.4 Å². The van der Waals surface area contributed by atoms with Crippen LogP contribution in [-0.2, 0) is 10.0 Å². The van der Waals surface area contributed by atoms with Gasteiger partial charge in [-0.1, -0.05) is 29.8 Å². The van der Waals surface area contributed by atoms with Gasteiger partial charge in [-0.2, -0.15) is 4.31 Å². The molecule has 1 N–H and O–H groups in total. The number of sulfonamides is 1. The maximum atomic E-state index is 12.9. The third kappa shape index (κ3) is 3.56. The van der Waals surface area contributed by atoms with E-state index in [1.807, 2.05) is 18.2 Å². The van der Waals surface area contributed by atoms with Crippen LogP contribution in [0.4, 0.5) is 0 Å². The molecular formula is C15H18Cl2N2O3S. The summed E-state index contributed by atoms with van der Waals surface area (Å²) in [5, 5.41) is 3.76. The quantitative estimate of drug-likeness (QED) is 0.893. The summed E-state index contributed by atoms with van der Waals surface area (Å²) < 4.78 is 32.5. The van der Waals surface area contributed by atoms with Crippen LogP contribution in [0.2, 0.25) is 5.02 Å². The highest BCUT2D eigenvalue weighted by atomic mass is 35.5. The molecule has 1 aliphatic heterocycles. The fourth-order valence-electron chi connectivity index (χ4n) is 2.65. The number of piperazine rings is 1. The molecule has 8 heteroatoms. The van der Waals surface area contributed by atoms with Crippen molar-refractivity contribution >= 4 is 34.0 Å². The molecule has 1 unspecified atom stereocenters. The van der Waals surface area contributed by atoms with E-state index in [-0.39, 0.29) is 23.5 Å². The Morgan fingerprint density at radius 1 is 1.26 bits per heavy atom. The molecule has 5 nitrogen and oxygen atoms in total. The number of nitrogens with zero attached hydrogens (tertiary/aromatic N) is 1. The molecule has 126 valence electrons. The first-order valence-electron chi connectivity index (χ1n) is 7.03. The highest BCUT2D eigenvalue weighted by Crippen LogP contribution is 2.33. The zero-order chi connectivity index (χ0) is 15.7. The van der Waals surface area contributed by atoms with Gasteiger partial charge in [0.2, 0.25) is 5.09 Å². The third-order valence-corrected chi connectivity index (χ3v) is 5.86. The van der Waals surface area contributed by atoms with Crippen molar-refractivity contribution in [2.75, 3.05) is 19.6 Å². The standard InChI is InChI=1S/C15H17ClN2O3S.ClH/c1-11-6-7-15(21-11)22(19,20)18-9-8-17-10-14(18)12-4-2-3-5-13(12)16;/h2-7,14,17H,8-10H2,1H3;1H.